The number of hydrogen-bond acceptors (Lipinski definition) is 6. The fourth-order valence-corrected chi connectivity index (χ4v) is 4.44. The van der Waals surface area contributed by atoms with Gasteiger partial charge in [0, 0.05) is 24.9 Å². The highest BCUT2D eigenvalue weighted by Gasteiger charge is 2.26. The first-order valence-electron chi connectivity index (χ1n) is 9.33. The molecule has 0 aromatic heterocycles. The predicted molar refractivity (Wildman–Crippen MR) is 113 cm³/mol. The van der Waals surface area contributed by atoms with E-state index in [1.807, 2.05) is 0 Å². The standard InChI is InChI=1S/C21H24N2O6S/c1-27-19-8-6-16(14-20(19)28-2)7-9-21(24)22-17-4-3-5-18(15-17)30(25,26)23-10-12-29-13-11-23/h3-9,14-15H,10-13H2,1-2H3,(H,22,24)/b9-7+. The number of nitrogens with one attached hydrogen (secondary N) is 1. The lowest BCUT2D eigenvalue weighted by atomic mass is 10.2. The second-order valence-electron chi connectivity index (χ2n) is 6.48. The summed E-state index contributed by atoms with van der Waals surface area (Å²) >= 11 is 0. The van der Waals surface area contributed by atoms with Crippen molar-refractivity contribution in [2.45, 2.75) is 4.90 Å². The lowest BCUT2D eigenvalue weighted by Gasteiger charge is -2.26. The summed E-state index contributed by atoms with van der Waals surface area (Å²) < 4.78 is 42.6. The van der Waals surface area contributed by atoms with Crippen molar-refractivity contribution in [2.24, 2.45) is 0 Å². The van der Waals surface area contributed by atoms with Crippen molar-refractivity contribution in [3.05, 3.63) is 54.1 Å². The largest absolute Gasteiger partial charge is 0.493 e. The SMILES string of the molecule is COc1ccc(/C=C/C(=O)Nc2cccc(S(=O)(=O)N3CCOCC3)c2)cc1OC. The molecule has 1 fully saturated rings. The zero-order chi connectivity index (χ0) is 21.6. The minimum atomic E-state index is -3.63. The Morgan fingerprint density at radius 2 is 1.80 bits per heavy atom. The van der Waals surface area contributed by atoms with Gasteiger partial charge in [0.25, 0.3) is 0 Å². The summed E-state index contributed by atoms with van der Waals surface area (Å²) in [5.41, 5.74) is 1.15. The number of morpholine rings is 1. The zero-order valence-electron chi connectivity index (χ0n) is 16.8. The van der Waals surface area contributed by atoms with E-state index in [2.05, 4.69) is 5.32 Å². The van der Waals surface area contributed by atoms with Crippen molar-refractivity contribution in [3.63, 3.8) is 0 Å². The third-order valence-corrected chi connectivity index (χ3v) is 6.44. The molecule has 1 aliphatic rings. The smallest absolute Gasteiger partial charge is 0.248 e. The van der Waals surface area contributed by atoms with Crippen LogP contribution in [0.1, 0.15) is 5.56 Å². The monoisotopic (exact) mass is 432 g/mol. The first-order valence-corrected chi connectivity index (χ1v) is 10.8. The molecule has 2 aromatic rings. The topological polar surface area (TPSA) is 94.2 Å². The fourth-order valence-electron chi connectivity index (χ4n) is 2.98. The molecule has 0 unspecified atom stereocenters. The minimum Gasteiger partial charge on any atom is -0.493 e. The molecule has 1 amide bonds. The van der Waals surface area contributed by atoms with Crippen LogP contribution in [-0.2, 0) is 19.6 Å². The van der Waals surface area contributed by atoms with E-state index in [4.69, 9.17) is 14.2 Å². The van der Waals surface area contributed by atoms with Gasteiger partial charge in [-0.05, 0) is 42.0 Å². The number of rotatable bonds is 7. The second kappa shape index (κ2) is 9.75. The Kier molecular flexibility index (Phi) is 7.09. The predicted octanol–water partition coefficient (Wildman–Crippen LogP) is 2.38. The maximum absolute atomic E-state index is 12.8. The van der Waals surface area contributed by atoms with Gasteiger partial charge in [0.1, 0.15) is 0 Å². The van der Waals surface area contributed by atoms with E-state index in [1.165, 1.54) is 29.6 Å². The number of methoxy groups -OCH3 is 2. The van der Waals surface area contributed by atoms with Crippen LogP contribution in [0.5, 0.6) is 11.5 Å². The van der Waals surface area contributed by atoms with Crippen LogP contribution in [0.3, 0.4) is 0 Å². The van der Waals surface area contributed by atoms with Gasteiger partial charge in [-0.2, -0.15) is 4.31 Å². The van der Waals surface area contributed by atoms with Crippen LogP contribution in [0.25, 0.3) is 6.08 Å². The van der Waals surface area contributed by atoms with E-state index < -0.39 is 10.0 Å². The molecular formula is C21H24N2O6S. The highest BCUT2D eigenvalue weighted by atomic mass is 32.2. The second-order valence-corrected chi connectivity index (χ2v) is 8.42. The van der Waals surface area contributed by atoms with Gasteiger partial charge in [-0.15, -0.1) is 0 Å². The molecular weight excluding hydrogens is 408 g/mol. The Balaban J connectivity index is 1.70. The van der Waals surface area contributed by atoms with Gasteiger partial charge in [0.15, 0.2) is 11.5 Å². The third-order valence-electron chi connectivity index (χ3n) is 4.54. The van der Waals surface area contributed by atoms with Crippen LogP contribution in [0.4, 0.5) is 5.69 Å². The molecule has 30 heavy (non-hydrogen) atoms. The van der Waals surface area contributed by atoms with Crippen LogP contribution in [0.2, 0.25) is 0 Å². The van der Waals surface area contributed by atoms with Crippen molar-refractivity contribution in [3.8, 4) is 11.5 Å². The summed E-state index contributed by atoms with van der Waals surface area (Å²) in [4.78, 5) is 12.4. The van der Waals surface area contributed by atoms with Crippen LogP contribution in [-0.4, -0.2) is 59.2 Å². The molecule has 0 spiro atoms. The number of carbonyl (C=O) groups is 1. The molecule has 2 aromatic carbocycles. The van der Waals surface area contributed by atoms with Gasteiger partial charge in [-0.1, -0.05) is 12.1 Å². The molecule has 0 aliphatic carbocycles. The third kappa shape index (κ3) is 5.18. The molecule has 0 radical (unpaired) electrons. The Bertz CT molecular complexity index is 1030. The van der Waals surface area contributed by atoms with E-state index in [1.54, 1.807) is 43.5 Å². The number of nitrogens with zero attached hydrogens (tertiary/aromatic N) is 1. The molecule has 3 rings (SSSR count). The summed E-state index contributed by atoms with van der Waals surface area (Å²) in [6.07, 6.45) is 3.00. The van der Waals surface area contributed by atoms with E-state index in [0.717, 1.165) is 5.56 Å². The van der Waals surface area contributed by atoms with Crippen molar-refractivity contribution in [1.29, 1.82) is 0 Å². The van der Waals surface area contributed by atoms with Crippen LogP contribution >= 0.6 is 0 Å². The van der Waals surface area contributed by atoms with Gasteiger partial charge in [0.2, 0.25) is 15.9 Å². The molecule has 8 nitrogen and oxygen atoms in total. The molecule has 160 valence electrons. The van der Waals surface area contributed by atoms with Crippen molar-refractivity contribution >= 4 is 27.7 Å². The zero-order valence-corrected chi connectivity index (χ0v) is 17.6. The molecule has 1 heterocycles. The van der Waals surface area contributed by atoms with Crippen LogP contribution < -0.4 is 14.8 Å². The first kappa shape index (κ1) is 21.8. The van der Waals surface area contributed by atoms with Crippen LogP contribution in [0.15, 0.2) is 53.4 Å². The number of benzene rings is 2. The lowest BCUT2D eigenvalue weighted by molar-refractivity contribution is -0.111. The lowest BCUT2D eigenvalue weighted by Crippen LogP contribution is -2.40. The van der Waals surface area contributed by atoms with Crippen LogP contribution in [0, 0.1) is 0 Å². The normalized spacial score (nSPS) is 15.1. The maximum Gasteiger partial charge on any atom is 0.248 e. The van der Waals surface area contributed by atoms with Crippen molar-refractivity contribution in [1.82, 2.24) is 4.31 Å². The summed E-state index contributed by atoms with van der Waals surface area (Å²) in [7, 11) is -0.544. The average molecular weight is 432 g/mol. The quantitative estimate of drug-likeness (QED) is 0.675. The highest BCUT2D eigenvalue weighted by Crippen LogP contribution is 2.28. The molecule has 0 saturated carbocycles. The van der Waals surface area contributed by atoms with Gasteiger partial charge in [-0.3, -0.25) is 4.79 Å². The number of carbonyl (C=O) groups excluding carboxylic acids is 1. The summed E-state index contributed by atoms with van der Waals surface area (Å²) in [6.45, 7) is 1.37. The average Bonchev–Trinajstić information content (AvgIpc) is 2.78. The van der Waals surface area contributed by atoms with Gasteiger partial charge < -0.3 is 19.5 Å². The molecule has 1 N–H and O–H groups in total. The Morgan fingerprint density at radius 3 is 2.50 bits per heavy atom. The van der Waals surface area contributed by atoms with E-state index in [0.29, 0.717) is 43.5 Å². The number of amides is 1. The molecule has 9 heteroatoms. The van der Waals surface area contributed by atoms with Gasteiger partial charge in [-0.25, -0.2) is 8.42 Å². The van der Waals surface area contributed by atoms with Crippen molar-refractivity contribution < 1.29 is 27.4 Å². The number of ether oxygens (including phenoxy) is 3. The minimum absolute atomic E-state index is 0.131. The molecule has 1 saturated heterocycles. The number of hydrogen-bond donors (Lipinski definition) is 1. The van der Waals surface area contributed by atoms with E-state index in [9.17, 15) is 13.2 Å². The Labute approximate surface area is 176 Å². The molecule has 0 atom stereocenters. The fraction of sp³-hybridized carbons (Fsp3) is 0.286. The summed E-state index contributed by atoms with van der Waals surface area (Å²) in [5, 5.41) is 2.69. The maximum atomic E-state index is 12.8. The first-order chi connectivity index (χ1) is 14.4. The number of anilines is 1. The summed E-state index contributed by atoms with van der Waals surface area (Å²) in [5.74, 6) is 0.768. The van der Waals surface area contributed by atoms with Crippen molar-refractivity contribution in [2.75, 3.05) is 45.8 Å². The van der Waals surface area contributed by atoms with E-state index >= 15 is 0 Å². The van der Waals surface area contributed by atoms with Gasteiger partial charge in [0.05, 0.1) is 32.3 Å². The molecule has 1 aliphatic heterocycles. The van der Waals surface area contributed by atoms with Gasteiger partial charge >= 0.3 is 0 Å². The number of sulfonamides is 1. The summed E-state index contributed by atoms with van der Waals surface area (Å²) in [6, 6.07) is 11.5. The molecule has 0 bridgehead atoms. The van der Waals surface area contributed by atoms with E-state index in [-0.39, 0.29) is 10.8 Å². The Hall–Kier alpha value is -2.88. The Morgan fingerprint density at radius 1 is 1.07 bits per heavy atom. The highest BCUT2D eigenvalue weighted by molar-refractivity contribution is 7.89.